The van der Waals surface area contributed by atoms with E-state index >= 15 is 0 Å². The number of aliphatic hydroxyl groups excluding tert-OH is 1. The molecule has 146 valence electrons. The molecule has 0 saturated heterocycles. The summed E-state index contributed by atoms with van der Waals surface area (Å²) in [5.74, 6) is 1.49. The number of guanidine groups is 1. The minimum Gasteiger partial charge on any atom is -0.497 e. The van der Waals surface area contributed by atoms with Gasteiger partial charge in [-0.1, -0.05) is 26.0 Å². The lowest BCUT2D eigenvalue weighted by Gasteiger charge is -2.59. The zero-order chi connectivity index (χ0) is 19.4. The number of ether oxygens (including phenoxy) is 2. The summed E-state index contributed by atoms with van der Waals surface area (Å²) in [6.07, 6.45) is 0.261. The number of nitrogens with one attached hydrogen (secondary N) is 2. The Bertz CT molecular complexity index is 615. The first-order chi connectivity index (χ1) is 12.3. The second kappa shape index (κ2) is 8.27. The molecule has 26 heavy (non-hydrogen) atoms. The molecule has 0 radical (unpaired) electrons. The summed E-state index contributed by atoms with van der Waals surface area (Å²) in [5.41, 5.74) is 0.679. The first kappa shape index (κ1) is 20.5. The molecule has 6 heteroatoms. The summed E-state index contributed by atoms with van der Waals surface area (Å²) < 4.78 is 10.8. The highest BCUT2D eigenvalue weighted by atomic mass is 16.5. The summed E-state index contributed by atoms with van der Waals surface area (Å²) in [4.78, 5) is 4.57. The van der Waals surface area contributed by atoms with Gasteiger partial charge in [0.15, 0.2) is 5.96 Å². The average molecular weight is 364 g/mol. The van der Waals surface area contributed by atoms with Crippen LogP contribution in [0.4, 0.5) is 0 Å². The number of benzene rings is 1. The summed E-state index contributed by atoms with van der Waals surface area (Å²) in [5, 5.41) is 17.2. The molecular weight excluding hydrogens is 330 g/mol. The molecule has 1 saturated carbocycles. The summed E-state index contributed by atoms with van der Waals surface area (Å²) in [6, 6.07) is 7.67. The van der Waals surface area contributed by atoms with Crippen LogP contribution in [0.5, 0.6) is 5.75 Å². The van der Waals surface area contributed by atoms with Crippen molar-refractivity contribution in [2.24, 2.45) is 10.4 Å². The fourth-order valence-corrected chi connectivity index (χ4v) is 3.32. The van der Waals surface area contributed by atoms with Crippen LogP contribution in [0.3, 0.4) is 0 Å². The topological polar surface area (TPSA) is 75.1 Å². The van der Waals surface area contributed by atoms with Crippen LogP contribution in [0.15, 0.2) is 29.3 Å². The van der Waals surface area contributed by atoms with Crippen molar-refractivity contribution in [1.82, 2.24) is 10.6 Å². The lowest BCUT2D eigenvalue weighted by atomic mass is 9.56. The van der Waals surface area contributed by atoms with E-state index in [-0.39, 0.29) is 23.6 Å². The van der Waals surface area contributed by atoms with Crippen LogP contribution >= 0.6 is 0 Å². The van der Waals surface area contributed by atoms with Gasteiger partial charge in [0.2, 0.25) is 0 Å². The van der Waals surface area contributed by atoms with Gasteiger partial charge in [0.25, 0.3) is 0 Å². The number of hydrogen-bond acceptors (Lipinski definition) is 4. The Labute approximate surface area is 157 Å². The number of aliphatic imine (C=N–C) groups is 1. The van der Waals surface area contributed by atoms with Crippen molar-refractivity contribution in [3.05, 3.63) is 29.8 Å². The van der Waals surface area contributed by atoms with Gasteiger partial charge in [0.1, 0.15) is 5.75 Å². The van der Waals surface area contributed by atoms with Crippen molar-refractivity contribution in [1.29, 1.82) is 0 Å². The van der Waals surface area contributed by atoms with Crippen LogP contribution in [0.25, 0.3) is 0 Å². The van der Waals surface area contributed by atoms with Crippen LogP contribution in [0.1, 0.15) is 45.8 Å². The lowest BCUT2D eigenvalue weighted by Crippen LogP contribution is -2.69. The maximum Gasteiger partial charge on any atom is 0.191 e. The molecule has 3 N–H and O–H groups in total. The van der Waals surface area contributed by atoms with E-state index in [0.29, 0.717) is 0 Å². The van der Waals surface area contributed by atoms with Crippen molar-refractivity contribution in [2.75, 3.05) is 27.3 Å². The molecule has 0 aliphatic heterocycles. The second-order valence-electron chi connectivity index (χ2n) is 7.57. The molecule has 1 fully saturated rings. The van der Waals surface area contributed by atoms with E-state index in [1.165, 1.54) is 0 Å². The fourth-order valence-electron chi connectivity index (χ4n) is 3.32. The largest absolute Gasteiger partial charge is 0.497 e. The van der Waals surface area contributed by atoms with Crippen LogP contribution < -0.4 is 15.4 Å². The highest BCUT2D eigenvalue weighted by Crippen LogP contribution is 2.51. The average Bonchev–Trinajstić information content (AvgIpc) is 2.65. The molecule has 1 aromatic rings. The minimum absolute atomic E-state index is 0.00740. The summed E-state index contributed by atoms with van der Waals surface area (Å²) in [6.45, 7) is 9.63. The van der Waals surface area contributed by atoms with E-state index in [1.54, 1.807) is 14.2 Å². The number of aliphatic hydroxyl groups is 1. The first-order valence-electron chi connectivity index (χ1n) is 9.19. The number of rotatable bonds is 7. The first-order valence-corrected chi connectivity index (χ1v) is 9.19. The van der Waals surface area contributed by atoms with Gasteiger partial charge in [0.05, 0.1) is 25.4 Å². The third kappa shape index (κ3) is 4.13. The number of hydrogen-bond donors (Lipinski definition) is 3. The molecule has 1 aliphatic carbocycles. The molecule has 0 amide bonds. The Hall–Kier alpha value is -1.79. The molecule has 1 aromatic carbocycles. The van der Waals surface area contributed by atoms with E-state index < -0.39 is 6.10 Å². The molecule has 1 aliphatic rings. The normalized spacial score (nSPS) is 26.0. The lowest BCUT2D eigenvalue weighted by molar-refractivity contribution is -0.176. The van der Waals surface area contributed by atoms with E-state index in [9.17, 15) is 5.11 Å². The van der Waals surface area contributed by atoms with Crippen molar-refractivity contribution in [2.45, 2.75) is 51.9 Å². The second-order valence-corrected chi connectivity index (χ2v) is 7.57. The van der Waals surface area contributed by atoms with Gasteiger partial charge in [-0.2, -0.15) is 0 Å². The van der Waals surface area contributed by atoms with Gasteiger partial charge in [-0.05, 0) is 38.0 Å². The van der Waals surface area contributed by atoms with Crippen LogP contribution in [0, 0.1) is 5.41 Å². The van der Waals surface area contributed by atoms with Gasteiger partial charge in [-0.3, -0.25) is 4.99 Å². The molecule has 3 unspecified atom stereocenters. The van der Waals surface area contributed by atoms with Crippen molar-refractivity contribution < 1.29 is 14.6 Å². The zero-order valence-electron chi connectivity index (χ0n) is 16.8. The molecule has 3 atom stereocenters. The zero-order valence-corrected chi connectivity index (χ0v) is 16.8. The SMILES string of the molecule is CCNC(=NCC(O)c1ccc(OC)cc1)NC1CC(C)(OC)C1(C)C. The van der Waals surface area contributed by atoms with Gasteiger partial charge < -0.3 is 25.2 Å². The minimum atomic E-state index is -0.657. The summed E-state index contributed by atoms with van der Waals surface area (Å²) in [7, 11) is 3.39. The predicted molar refractivity (Wildman–Crippen MR) is 105 cm³/mol. The maximum atomic E-state index is 10.4. The third-order valence-corrected chi connectivity index (χ3v) is 5.86. The smallest absolute Gasteiger partial charge is 0.191 e. The van der Waals surface area contributed by atoms with Crippen molar-refractivity contribution in [3.8, 4) is 5.75 Å². The van der Waals surface area contributed by atoms with Gasteiger partial charge >= 0.3 is 0 Å². The van der Waals surface area contributed by atoms with Crippen LogP contribution in [-0.4, -0.2) is 50.0 Å². The van der Waals surface area contributed by atoms with Crippen molar-refractivity contribution in [3.63, 3.8) is 0 Å². The molecular formula is C20H33N3O3. The highest BCUT2D eigenvalue weighted by molar-refractivity contribution is 5.80. The number of nitrogens with zero attached hydrogens (tertiary/aromatic N) is 1. The Morgan fingerprint density at radius 2 is 1.92 bits per heavy atom. The van der Waals surface area contributed by atoms with Crippen LogP contribution in [-0.2, 0) is 4.74 Å². The fraction of sp³-hybridized carbons (Fsp3) is 0.650. The van der Waals surface area contributed by atoms with Gasteiger partial charge in [-0.25, -0.2) is 0 Å². The summed E-state index contributed by atoms with van der Waals surface area (Å²) >= 11 is 0. The standard InChI is InChI=1S/C20H33N3O3/c1-7-21-18(23-17-12-20(4,26-6)19(17,2)3)22-13-16(24)14-8-10-15(25-5)11-9-14/h8-11,16-17,24H,7,12-13H2,1-6H3,(H2,21,22,23). The van der Waals surface area contributed by atoms with E-state index in [1.807, 2.05) is 31.2 Å². The van der Waals surface area contributed by atoms with Gasteiger partial charge in [-0.15, -0.1) is 0 Å². The van der Waals surface area contributed by atoms with Crippen LogP contribution in [0.2, 0.25) is 0 Å². The Balaban J connectivity index is 2.00. The van der Waals surface area contributed by atoms with E-state index in [4.69, 9.17) is 9.47 Å². The Kier molecular flexibility index (Phi) is 6.53. The predicted octanol–water partition coefficient (Wildman–Crippen LogP) is 2.49. The molecule has 0 aromatic heterocycles. The monoisotopic (exact) mass is 363 g/mol. The quantitative estimate of drug-likeness (QED) is 0.513. The van der Waals surface area contributed by atoms with E-state index in [2.05, 4.69) is 36.4 Å². The number of methoxy groups -OCH3 is 2. The Morgan fingerprint density at radius 3 is 2.42 bits per heavy atom. The van der Waals surface area contributed by atoms with Crippen molar-refractivity contribution >= 4 is 5.96 Å². The molecule has 6 nitrogen and oxygen atoms in total. The maximum absolute atomic E-state index is 10.4. The molecule has 2 rings (SSSR count). The van der Waals surface area contributed by atoms with Gasteiger partial charge in [0, 0.05) is 25.1 Å². The highest BCUT2D eigenvalue weighted by Gasteiger charge is 2.58. The Morgan fingerprint density at radius 1 is 1.27 bits per heavy atom. The third-order valence-electron chi connectivity index (χ3n) is 5.86. The molecule has 0 spiro atoms. The molecule has 0 heterocycles. The molecule has 0 bridgehead atoms. The van der Waals surface area contributed by atoms with E-state index in [0.717, 1.165) is 30.2 Å².